The van der Waals surface area contributed by atoms with E-state index in [9.17, 15) is 4.79 Å². The maximum absolute atomic E-state index is 11.7. The number of ether oxygens (including phenoxy) is 1. The van der Waals surface area contributed by atoms with Crippen LogP contribution >= 0.6 is 0 Å². The fourth-order valence-corrected chi connectivity index (χ4v) is 3.79. The number of rotatable bonds is 4. The van der Waals surface area contributed by atoms with Crippen LogP contribution in [-0.2, 0) is 14.1 Å². The molecule has 0 aromatic heterocycles. The molecule has 4 nitrogen and oxygen atoms in total. The summed E-state index contributed by atoms with van der Waals surface area (Å²) in [5, 5.41) is 0. The number of hydrogen-bond donors (Lipinski definition) is 0. The van der Waals surface area contributed by atoms with Crippen LogP contribution in [-0.4, -0.2) is 31.2 Å². The zero-order valence-corrected chi connectivity index (χ0v) is 15.5. The molecule has 24 heavy (non-hydrogen) atoms. The predicted molar refractivity (Wildman–Crippen MR) is 94.2 cm³/mol. The molecular formula is C19H27BO4. The zero-order valence-electron chi connectivity index (χ0n) is 15.5. The Morgan fingerprint density at radius 1 is 1.00 bits per heavy atom. The Balaban J connectivity index is 1.96. The van der Waals surface area contributed by atoms with Gasteiger partial charge in [-0.1, -0.05) is 19.1 Å². The number of ketones is 1. The molecule has 0 radical (unpaired) electrons. The van der Waals surface area contributed by atoms with Gasteiger partial charge in [0, 0.05) is 18.7 Å². The number of Topliss-reactive ketones (excluding diaryl/α,β-unsaturated/α-hetero) is 1. The van der Waals surface area contributed by atoms with E-state index in [4.69, 9.17) is 14.0 Å². The highest BCUT2D eigenvalue weighted by molar-refractivity contribution is 6.48. The van der Waals surface area contributed by atoms with E-state index >= 15 is 0 Å². The van der Waals surface area contributed by atoms with Crippen molar-refractivity contribution in [3.8, 4) is 5.75 Å². The molecule has 3 rings (SSSR count). The van der Waals surface area contributed by atoms with Crippen molar-refractivity contribution in [3.63, 3.8) is 0 Å². The standard InChI is InChI=1S/C19H27BO4/c1-17(2)18(3,4)24-20(23-17)16(19(5)11-14(21)12-19)13-7-9-15(22-6)10-8-13/h7-10,16H,11-12H2,1-6H3/t16-/m0/s1. The van der Waals surface area contributed by atoms with Crippen molar-refractivity contribution < 1.29 is 18.8 Å². The van der Waals surface area contributed by atoms with E-state index in [1.165, 1.54) is 0 Å². The summed E-state index contributed by atoms with van der Waals surface area (Å²) in [7, 11) is 1.30. The minimum Gasteiger partial charge on any atom is -0.497 e. The fourth-order valence-electron chi connectivity index (χ4n) is 3.79. The summed E-state index contributed by atoms with van der Waals surface area (Å²) >= 11 is 0. The lowest BCUT2D eigenvalue weighted by molar-refractivity contribution is -0.132. The molecule has 0 bridgehead atoms. The SMILES string of the molecule is COc1ccc([C@H](B2OC(C)(C)C(C)(C)O2)C2(C)CC(=O)C2)cc1. The van der Waals surface area contributed by atoms with Crippen molar-refractivity contribution in [1.82, 2.24) is 0 Å². The van der Waals surface area contributed by atoms with Gasteiger partial charge in [0.2, 0.25) is 0 Å². The lowest BCUT2D eigenvalue weighted by atomic mass is 9.48. The lowest BCUT2D eigenvalue weighted by Crippen LogP contribution is -2.47. The monoisotopic (exact) mass is 330 g/mol. The normalized spacial score (nSPS) is 25.2. The first-order chi connectivity index (χ1) is 11.1. The average Bonchev–Trinajstić information content (AvgIpc) is 2.66. The van der Waals surface area contributed by atoms with Crippen LogP contribution in [0.2, 0.25) is 0 Å². The Kier molecular flexibility index (Phi) is 4.08. The second kappa shape index (κ2) is 5.60. The summed E-state index contributed by atoms with van der Waals surface area (Å²) in [5.74, 6) is 1.15. The Morgan fingerprint density at radius 2 is 1.50 bits per heavy atom. The van der Waals surface area contributed by atoms with E-state index in [1.807, 2.05) is 12.1 Å². The molecular weight excluding hydrogens is 303 g/mol. The Hall–Kier alpha value is -1.33. The first-order valence-electron chi connectivity index (χ1n) is 8.59. The summed E-state index contributed by atoms with van der Waals surface area (Å²) in [6.45, 7) is 10.4. The summed E-state index contributed by atoms with van der Waals surface area (Å²) < 4.78 is 17.9. The molecule has 1 saturated heterocycles. The number of benzene rings is 1. The maximum Gasteiger partial charge on any atom is 0.466 e. The molecule has 1 aliphatic carbocycles. The van der Waals surface area contributed by atoms with Gasteiger partial charge in [-0.25, -0.2) is 0 Å². The zero-order chi connectivity index (χ0) is 17.8. The van der Waals surface area contributed by atoms with E-state index < -0.39 is 0 Å². The van der Waals surface area contributed by atoms with Crippen LogP contribution in [0.1, 0.15) is 58.8 Å². The fraction of sp³-hybridized carbons (Fsp3) is 0.632. The number of carbonyl (C=O) groups is 1. The Labute approximate surface area is 145 Å². The molecule has 1 atom stereocenters. The molecule has 2 fully saturated rings. The molecule has 0 N–H and O–H groups in total. The summed E-state index contributed by atoms with van der Waals surface area (Å²) in [6, 6.07) is 8.03. The summed E-state index contributed by atoms with van der Waals surface area (Å²) in [5.41, 5.74) is 0.232. The highest BCUT2D eigenvalue weighted by Gasteiger charge is 2.60. The van der Waals surface area contributed by atoms with Gasteiger partial charge in [0.25, 0.3) is 0 Å². The van der Waals surface area contributed by atoms with Crippen LogP contribution in [0.25, 0.3) is 0 Å². The van der Waals surface area contributed by atoms with Crippen LogP contribution < -0.4 is 4.74 Å². The first kappa shape index (κ1) is 17.5. The van der Waals surface area contributed by atoms with Crippen molar-refractivity contribution in [2.24, 2.45) is 5.41 Å². The molecule has 1 aromatic carbocycles. The topological polar surface area (TPSA) is 44.8 Å². The van der Waals surface area contributed by atoms with Gasteiger partial charge in [-0.3, -0.25) is 4.79 Å². The smallest absolute Gasteiger partial charge is 0.466 e. The van der Waals surface area contributed by atoms with Gasteiger partial charge in [0.15, 0.2) is 0 Å². The van der Waals surface area contributed by atoms with Crippen molar-refractivity contribution in [1.29, 1.82) is 0 Å². The van der Waals surface area contributed by atoms with Gasteiger partial charge >= 0.3 is 7.12 Å². The van der Waals surface area contributed by atoms with Crippen molar-refractivity contribution >= 4 is 12.9 Å². The van der Waals surface area contributed by atoms with Crippen LogP contribution in [0.15, 0.2) is 24.3 Å². The quantitative estimate of drug-likeness (QED) is 0.788. The number of methoxy groups -OCH3 is 1. The molecule has 2 aliphatic rings. The van der Waals surface area contributed by atoms with E-state index in [-0.39, 0.29) is 29.6 Å². The van der Waals surface area contributed by atoms with Gasteiger partial charge in [-0.15, -0.1) is 0 Å². The molecule has 0 amide bonds. The Morgan fingerprint density at radius 3 is 1.92 bits per heavy atom. The van der Waals surface area contributed by atoms with Crippen LogP contribution in [0.5, 0.6) is 5.75 Å². The number of carbonyl (C=O) groups excluding carboxylic acids is 1. The first-order valence-corrected chi connectivity index (χ1v) is 8.59. The van der Waals surface area contributed by atoms with Gasteiger partial charge < -0.3 is 14.0 Å². The van der Waals surface area contributed by atoms with Gasteiger partial charge in [0.05, 0.1) is 18.3 Å². The molecule has 1 aromatic rings. The van der Waals surface area contributed by atoms with Gasteiger partial charge in [-0.05, 0) is 50.8 Å². The molecule has 0 spiro atoms. The minimum absolute atomic E-state index is 0.0159. The van der Waals surface area contributed by atoms with E-state index in [0.29, 0.717) is 18.6 Å². The van der Waals surface area contributed by atoms with Gasteiger partial charge in [-0.2, -0.15) is 0 Å². The summed E-state index contributed by atoms with van der Waals surface area (Å²) in [6.07, 6.45) is 1.15. The maximum atomic E-state index is 11.7. The minimum atomic E-state index is -0.382. The van der Waals surface area contributed by atoms with Crippen molar-refractivity contribution in [2.45, 2.75) is 64.5 Å². The molecule has 1 aliphatic heterocycles. The average molecular weight is 330 g/mol. The van der Waals surface area contributed by atoms with E-state index in [1.54, 1.807) is 7.11 Å². The molecule has 0 unspecified atom stereocenters. The largest absolute Gasteiger partial charge is 0.497 e. The van der Waals surface area contributed by atoms with Crippen molar-refractivity contribution in [2.75, 3.05) is 7.11 Å². The predicted octanol–water partition coefficient (Wildman–Crippen LogP) is 3.78. The molecule has 5 heteroatoms. The Bertz CT molecular complexity index is 611. The molecule has 130 valence electrons. The van der Waals surface area contributed by atoms with Crippen LogP contribution in [0, 0.1) is 5.41 Å². The third kappa shape index (κ3) is 2.78. The second-order valence-corrected chi connectivity index (χ2v) is 8.42. The van der Waals surface area contributed by atoms with Crippen molar-refractivity contribution in [3.05, 3.63) is 29.8 Å². The molecule has 1 saturated carbocycles. The molecule has 1 heterocycles. The van der Waals surface area contributed by atoms with E-state index in [0.717, 1.165) is 11.3 Å². The number of hydrogen-bond acceptors (Lipinski definition) is 4. The van der Waals surface area contributed by atoms with E-state index in [2.05, 4.69) is 46.8 Å². The third-order valence-electron chi connectivity index (χ3n) is 5.97. The summed E-state index contributed by atoms with van der Waals surface area (Å²) in [4.78, 5) is 11.7. The highest BCUT2D eigenvalue weighted by Crippen LogP contribution is 2.53. The lowest BCUT2D eigenvalue weighted by Gasteiger charge is -2.44. The second-order valence-electron chi connectivity index (χ2n) is 8.42. The third-order valence-corrected chi connectivity index (χ3v) is 5.97. The van der Waals surface area contributed by atoms with Crippen LogP contribution in [0.4, 0.5) is 0 Å². The van der Waals surface area contributed by atoms with Crippen LogP contribution in [0.3, 0.4) is 0 Å². The highest BCUT2D eigenvalue weighted by atomic mass is 16.7. The van der Waals surface area contributed by atoms with Gasteiger partial charge in [0.1, 0.15) is 11.5 Å².